The third-order valence-electron chi connectivity index (χ3n) is 3.76. The van der Waals surface area contributed by atoms with Gasteiger partial charge >= 0.3 is 5.97 Å². The maximum absolute atomic E-state index is 11.3. The lowest BCUT2D eigenvalue weighted by atomic mass is 10.1. The molecule has 0 spiro atoms. The zero-order valence-electron chi connectivity index (χ0n) is 11.4. The number of carboxylic acids is 1. The highest BCUT2D eigenvalue weighted by Gasteiger charge is 2.28. The molecule has 0 radical (unpaired) electrons. The number of aromatic nitrogens is 1. The van der Waals surface area contributed by atoms with Crippen LogP contribution < -0.4 is 5.32 Å². The molecule has 3 rings (SSSR count). The van der Waals surface area contributed by atoms with Crippen molar-refractivity contribution in [2.45, 2.75) is 12.6 Å². The topological polar surface area (TPSA) is 65.5 Å². The van der Waals surface area contributed by atoms with Crippen molar-refractivity contribution in [2.75, 3.05) is 19.6 Å². The number of pyridine rings is 1. The van der Waals surface area contributed by atoms with Crippen molar-refractivity contribution >= 4 is 28.5 Å². The van der Waals surface area contributed by atoms with Gasteiger partial charge in [0.2, 0.25) is 0 Å². The number of hydrogen-bond acceptors (Lipinski definition) is 4. The number of aliphatic carboxylic acids is 1. The van der Waals surface area contributed by atoms with E-state index in [0.29, 0.717) is 24.8 Å². The molecule has 6 heteroatoms. The molecule has 110 valence electrons. The van der Waals surface area contributed by atoms with E-state index in [-0.39, 0.29) is 0 Å². The number of piperazine rings is 1. The number of nitrogens with zero attached hydrogens (tertiary/aromatic N) is 2. The summed E-state index contributed by atoms with van der Waals surface area (Å²) in [7, 11) is 0. The van der Waals surface area contributed by atoms with E-state index in [2.05, 4.69) is 10.3 Å². The van der Waals surface area contributed by atoms with Gasteiger partial charge in [0.25, 0.3) is 0 Å². The number of fused-ring (bicyclic) bond motifs is 1. The van der Waals surface area contributed by atoms with E-state index in [9.17, 15) is 9.90 Å². The highest BCUT2D eigenvalue weighted by molar-refractivity contribution is 6.30. The van der Waals surface area contributed by atoms with Gasteiger partial charge in [-0.3, -0.25) is 9.69 Å². The number of carboxylic acid groups (broad SMARTS) is 1. The van der Waals surface area contributed by atoms with Crippen molar-refractivity contribution in [3.8, 4) is 0 Å². The van der Waals surface area contributed by atoms with Crippen LogP contribution in [0.2, 0.25) is 5.15 Å². The Labute approximate surface area is 127 Å². The van der Waals surface area contributed by atoms with Gasteiger partial charge in [-0.1, -0.05) is 29.8 Å². The first-order valence-electron chi connectivity index (χ1n) is 6.87. The van der Waals surface area contributed by atoms with Gasteiger partial charge in [0.05, 0.1) is 5.52 Å². The standard InChI is InChI=1S/C15H16ClN3O2/c16-14-11(7-10-3-1-2-4-12(10)18-14)9-19-6-5-17-8-13(19)15(20)21/h1-4,7,13,17H,5-6,8-9H2,(H,20,21). The molecular weight excluding hydrogens is 290 g/mol. The van der Waals surface area contributed by atoms with Crippen LogP contribution in [0.3, 0.4) is 0 Å². The molecule has 5 nitrogen and oxygen atoms in total. The quantitative estimate of drug-likeness (QED) is 0.846. The molecule has 1 fully saturated rings. The molecule has 0 aliphatic carbocycles. The highest BCUT2D eigenvalue weighted by Crippen LogP contribution is 2.22. The zero-order valence-corrected chi connectivity index (χ0v) is 12.2. The molecule has 1 unspecified atom stereocenters. The molecule has 1 aromatic heterocycles. The predicted molar refractivity (Wildman–Crippen MR) is 81.5 cm³/mol. The van der Waals surface area contributed by atoms with Crippen LogP contribution in [0.15, 0.2) is 30.3 Å². The van der Waals surface area contributed by atoms with Gasteiger partial charge in [0.15, 0.2) is 0 Å². The van der Waals surface area contributed by atoms with Crippen LogP contribution in [0, 0.1) is 0 Å². The Hall–Kier alpha value is -1.69. The van der Waals surface area contributed by atoms with E-state index in [1.807, 2.05) is 35.2 Å². The summed E-state index contributed by atoms with van der Waals surface area (Å²) in [6.07, 6.45) is 0. The number of halogens is 1. The SMILES string of the molecule is O=C(O)C1CNCCN1Cc1cc2ccccc2nc1Cl. The summed E-state index contributed by atoms with van der Waals surface area (Å²) in [5, 5.41) is 13.9. The molecule has 1 atom stereocenters. The molecule has 0 amide bonds. The monoisotopic (exact) mass is 305 g/mol. The third kappa shape index (κ3) is 3.00. The smallest absolute Gasteiger partial charge is 0.322 e. The van der Waals surface area contributed by atoms with Gasteiger partial charge in [-0.15, -0.1) is 0 Å². The van der Waals surface area contributed by atoms with E-state index in [4.69, 9.17) is 11.6 Å². The van der Waals surface area contributed by atoms with Gasteiger partial charge in [-0.2, -0.15) is 0 Å². The second-order valence-corrected chi connectivity index (χ2v) is 5.52. The average Bonchev–Trinajstić information content (AvgIpc) is 2.48. The van der Waals surface area contributed by atoms with Crippen molar-refractivity contribution in [1.29, 1.82) is 0 Å². The van der Waals surface area contributed by atoms with Gasteiger partial charge < -0.3 is 10.4 Å². The van der Waals surface area contributed by atoms with Crippen LogP contribution in [0.5, 0.6) is 0 Å². The van der Waals surface area contributed by atoms with Gasteiger partial charge in [0.1, 0.15) is 11.2 Å². The predicted octanol–water partition coefficient (Wildman–Crippen LogP) is 1.75. The summed E-state index contributed by atoms with van der Waals surface area (Å²) in [5.41, 5.74) is 1.71. The normalized spacial score (nSPS) is 19.8. The minimum Gasteiger partial charge on any atom is -0.480 e. The fourth-order valence-corrected chi connectivity index (χ4v) is 2.85. The van der Waals surface area contributed by atoms with Gasteiger partial charge in [-0.25, -0.2) is 4.98 Å². The molecule has 0 bridgehead atoms. The maximum atomic E-state index is 11.3. The van der Waals surface area contributed by atoms with Gasteiger partial charge in [-0.05, 0) is 12.1 Å². The molecule has 2 heterocycles. The molecule has 2 aromatic rings. The first-order chi connectivity index (χ1) is 10.1. The summed E-state index contributed by atoms with van der Waals surface area (Å²) in [6, 6.07) is 9.23. The molecule has 1 aliphatic rings. The number of nitrogens with one attached hydrogen (secondary N) is 1. The van der Waals surface area contributed by atoms with Gasteiger partial charge in [0, 0.05) is 37.1 Å². The summed E-state index contributed by atoms with van der Waals surface area (Å²) in [5.74, 6) is -0.813. The number of rotatable bonds is 3. The van der Waals surface area contributed by atoms with Crippen molar-refractivity contribution < 1.29 is 9.90 Å². The Morgan fingerprint density at radius 1 is 1.48 bits per heavy atom. The van der Waals surface area contributed by atoms with Crippen molar-refractivity contribution in [3.63, 3.8) is 0 Å². The molecule has 1 aromatic carbocycles. The summed E-state index contributed by atoms with van der Waals surface area (Å²) in [4.78, 5) is 17.6. The number of hydrogen-bond donors (Lipinski definition) is 2. The van der Waals surface area contributed by atoms with Crippen molar-refractivity contribution in [1.82, 2.24) is 15.2 Å². The van der Waals surface area contributed by atoms with Crippen LogP contribution in [0.4, 0.5) is 0 Å². The first-order valence-corrected chi connectivity index (χ1v) is 7.24. The molecule has 21 heavy (non-hydrogen) atoms. The number of para-hydroxylation sites is 1. The minimum atomic E-state index is -0.813. The molecule has 1 aliphatic heterocycles. The Balaban J connectivity index is 1.89. The molecule has 0 saturated carbocycles. The summed E-state index contributed by atoms with van der Waals surface area (Å²) >= 11 is 6.25. The van der Waals surface area contributed by atoms with Crippen molar-refractivity contribution in [3.05, 3.63) is 41.0 Å². The first kappa shape index (κ1) is 14.3. The average molecular weight is 306 g/mol. The summed E-state index contributed by atoms with van der Waals surface area (Å²) < 4.78 is 0. The van der Waals surface area contributed by atoms with E-state index in [1.54, 1.807) is 0 Å². The fraction of sp³-hybridized carbons (Fsp3) is 0.333. The van der Waals surface area contributed by atoms with Crippen LogP contribution in [0.25, 0.3) is 10.9 Å². The Morgan fingerprint density at radius 3 is 3.10 bits per heavy atom. The lowest BCUT2D eigenvalue weighted by Gasteiger charge is -2.33. The van der Waals surface area contributed by atoms with Crippen molar-refractivity contribution in [2.24, 2.45) is 0 Å². The molecule has 2 N–H and O–H groups in total. The van der Waals surface area contributed by atoms with E-state index in [0.717, 1.165) is 23.0 Å². The molecule has 1 saturated heterocycles. The van der Waals surface area contributed by atoms with Crippen LogP contribution >= 0.6 is 11.6 Å². The van der Waals surface area contributed by atoms with E-state index >= 15 is 0 Å². The Morgan fingerprint density at radius 2 is 2.29 bits per heavy atom. The Kier molecular flexibility index (Phi) is 4.05. The van der Waals surface area contributed by atoms with E-state index < -0.39 is 12.0 Å². The largest absolute Gasteiger partial charge is 0.480 e. The lowest BCUT2D eigenvalue weighted by Crippen LogP contribution is -2.54. The van der Waals surface area contributed by atoms with Crippen LogP contribution in [-0.2, 0) is 11.3 Å². The highest BCUT2D eigenvalue weighted by atomic mass is 35.5. The Bertz CT molecular complexity index is 677. The van der Waals surface area contributed by atoms with Crippen LogP contribution in [0.1, 0.15) is 5.56 Å². The summed E-state index contributed by atoms with van der Waals surface area (Å²) in [6.45, 7) is 2.41. The number of carbonyl (C=O) groups is 1. The molecular formula is C15H16ClN3O2. The van der Waals surface area contributed by atoms with E-state index in [1.165, 1.54) is 0 Å². The second-order valence-electron chi connectivity index (χ2n) is 5.16. The van der Waals surface area contributed by atoms with Crippen LogP contribution in [-0.4, -0.2) is 46.6 Å². The lowest BCUT2D eigenvalue weighted by molar-refractivity contribution is -0.144. The minimum absolute atomic E-state index is 0.441. The fourth-order valence-electron chi connectivity index (χ4n) is 2.65. The number of benzene rings is 1. The zero-order chi connectivity index (χ0) is 14.8. The third-order valence-corrected chi connectivity index (χ3v) is 4.09. The maximum Gasteiger partial charge on any atom is 0.322 e. The second kappa shape index (κ2) is 5.97.